The summed E-state index contributed by atoms with van der Waals surface area (Å²) >= 11 is 0. The Morgan fingerprint density at radius 3 is 3.27 bits per heavy atom. The van der Waals surface area contributed by atoms with Crippen molar-refractivity contribution in [1.29, 1.82) is 0 Å². The second kappa shape index (κ2) is 4.44. The summed E-state index contributed by atoms with van der Waals surface area (Å²) in [5.41, 5.74) is 0. The average Bonchev–Trinajstić information content (AvgIpc) is 2.72. The Kier molecular flexibility index (Phi) is 3.01. The first-order valence-corrected chi connectivity index (χ1v) is 5.09. The molecular formula is C10H15N3O2. The number of rotatable bonds is 3. The van der Waals surface area contributed by atoms with Crippen LogP contribution in [0.3, 0.4) is 0 Å². The van der Waals surface area contributed by atoms with Gasteiger partial charge in [0.1, 0.15) is 5.82 Å². The van der Waals surface area contributed by atoms with Crippen LogP contribution in [-0.4, -0.2) is 40.6 Å². The van der Waals surface area contributed by atoms with Crippen molar-refractivity contribution in [3.05, 3.63) is 18.2 Å². The Morgan fingerprint density at radius 1 is 1.60 bits per heavy atom. The molecule has 15 heavy (non-hydrogen) atoms. The molecule has 0 aromatic carbocycles. The number of esters is 1. The minimum Gasteiger partial charge on any atom is -0.469 e. The van der Waals surface area contributed by atoms with Gasteiger partial charge in [-0.15, -0.1) is 0 Å². The highest BCUT2D eigenvalue weighted by atomic mass is 16.5. The summed E-state index contributed by atoms with van der Waals surface area (Å²) in [6.07, 6.45) is 4.27. The van der Waals surface area contributed by atoms with Gasteiger partial charge in [0.05, 0.1) is 20.1 Å². The average molecular weight is 209 g/mol. The first-order chi connectivity index (χ1) is 7.29. The molecule has 2 rings (SSSR count). The number of fused-ring (bicyclic) bond motifs is 1. The summed E-state index contributed by atoms with van der Waals surface area (Å²) in [5.74, 6) is 0.926. The molecule has 5 heteroatoms. The normalized spacial score (nSPS) is 16.1. The predicted molar refractivity (Wildman–Crippen MR) is 54.1 cm³/mol. The Hall–Kier alpha value is -1.36. The fourth-order valence-corrected chi connectivity index (χ4v) is 1.77. The van der Waals surface area contributed by atoms with Gasteiger partial charge in [0.2, 0.25) is 0 Å². The van der Waals surface area contributed by atoms with Crippen molar-refractivity contribution < 1.29 is 9.53 Å². The highest BCUT2D eigenvalue weighted by Crippen LogP contribution is 2.10. The quantitative estimate of drug-likeness (QED) is 0.670. The molecular weight excluding hydrogens is 194 g/mol. The zero-order valence-electron chi connectivity index (χ0n) is 8.85. The molecule has 0 N–H and O–H groups in total. The topological polar surface area (TPSA) is 47.4 Å². The van der Waals surface area contributed by atoms with Crippen LogP contribution < -0.4 is 0 Å². The molecule has 0 fully saturated rings. The molecule has 0 unspecified atom stereocenters. The highest BCUT2D eigenvalue weighted by Gasteiger charge is 2.16. The third-order valence-corrected chi connectivity index (χ3v) is 2.68. The Balaban J connectivity index is 1.85. The lowest BCUT2D eigenvalue weighted by atomic mass is 10.3. The Morgan fingerprint density at radius 2 is 2.47 bits per heavy atom. The van der Waals surface area contributed by atoms with Crippen LogP contribution in [0.5, 0.6) is 0 Å². The molecule has 1 aliphatic rings. The molecule has 5 nitrogen and oxygen atoms in total. The van der Waals surface area contributed by atoms with E-state index < -0.39 is 0 Å². The van der Waals surface area contributed by atoms with Gasteiger partial charge in [0.25, 0.3) is 0 Å². The van der Waals surface area contributed by atoms with E-state index in [9.17, 15) is 4.79 Å². The number of aromatic nitrogens is 2. The number of carbonyl (C=O) groups is 1. The number of hydrogen-bond donors (Lipinski definition) is 0. The van der Waals surface area contributed by atoms with Gasteiger partial charge < -0.3 is 9.30 Å². The number of imidazole rings is 1. The third-order valence-electron chi connectivity index (χ3n) is 2.68. The largest absolute Gasteiger partial charge is 0.469 e. The first kappa shape index (κ1) is 10.2. The van der Waals surface area contributed by atoms with Gasteiger partial charge >= 0.3 is 5.97 Å². The Bertz CT molecular complexity index is 348. The van der Waals surface area contributed by atoms with Crippen LogP contribution >= 0.6 is 0 Å². The molecule has 1 aromatic rings. The summed E-state index contributed by atoms with van der Waals surface area (Å²) in [4.78, 5) is 17.5. The van der Waals surface area contributed by atoms with Gasteiger partial charge in [-0.1, -0.05) is 0 Å². The molecule has 0 saturated carbocycles. The van der Waals surface area contributed by atoms with Crippen LogP contribution in [0, 0.1) is 0 Å². The van der Waals surface area contributed by atoms with Gasteiger partial charge in [-0.3, -0.25) is 9.69 Å². The first-order valence-electron chi connectivity index (χ1n) is 5.09. The fraction of sp³-hybridized carbons (Fsp3) is 0.600. The number of nitrogens with zero attached hydrogens (tertiary/aromatic N) is 3. The SMILES string of the molecule is COC(=O)CCN1CCn2ccnc2C1. The maximum atomic E-state index is 11.0. The number of methoxy groups -OCH3 is 1. The van der Waals surface area contributed by atoms with Crippen molar-refractivity contribution in [2.24, 2.45) is 0 Å². The third kappa shape index (κ3) is 2.36. The van der Waals surface area contributed by atoms with Crippen LogP contribution in [0.25, 0.3) is 0 Å². The summed E-state index contributed by atoms with van der Waals surface area (Å²) in [5, 5.41) is 0. The lowest BCUT2D eigenvalue weighted by molar-refractivity contribution is -0.141. The maximum absolute atomic E-state index is 11.0. The van der Waals surface area contributed by atoms with Crippen LogP contribution in [0.15, 0.2) is 12.4 Å². The van der Waals surface area contributed by atoms with E-state index >= 15 is 0 Å². The van der Waals surface area contributed by atoms with E-state index in [1.165, 1.54) is 7.11 Å². The summed E-state index contributed by atoms with van der Waals surface area (Å²) in [7, 11) is 1.42. The molecule has 0 spiro atoms. The van der Waals surface area contributed by atoms with E-state index in [1.807, 2.05) is 12.4 Å². The van der Waals surface area contributed by atoms with Gasteiger partial charge in [-0.05, 0) is 0 Å². The van der Waals surface area contributed by atoms with Crippen LogP contribution in [0.2, 0.25) is 0 Å². The lowest BCUT2D eigenvalue weighted by Gasteiger charge is -2.26. The van der Waals surface area contributed by atoms with Gasteiger partial charge in [-0.2, -0.15) is 0 Å². The second-order valence-corrected chi connectivity index (χ2v) is 3.64. The lowest BCUT2D eigenvalue weighted by Crippen LogP contribution is -2.35. The monoisotopic (exact) mass is 209 g/mol. The maximum Gasteiger partial charge on any atom is 0.306 e. The fourth-order valence-electron chi connectivity index (χ4n) is 1.77. The summed E-state index contributed by atoms with van der Waals surface area (Å²) < 4.78 is 6.76. The molecule has 82 valence electrons. The number of ether oxygens (including phenoxy) is 1. The van der Waals surface area contributed by atoms with E-state index in [2.05, 4.69) is 19.2 Å². The highest BCUT2D eigenvalue weighted by molar-refractivity contribution is 5.69. The molecule has 0 amide bonds. The van der Waals surface area contributed by atoms with Crippen molar-refractivity contribution in [3.63, 3.8) is 0 Å². The van der Waals surface area contributed by atoms with Crippen molar-refractivity contribution in [3.8, 4) is 0 Å². The van der Waals surface area contributed by atoms with Gasteiger partial charge in [-0.25, -0.2) is 4.98 Å². The minimum atomic E-state index is -0.149. The van der Waals surface area contributed by atoms with E-state index in [-0.39, 0.29) is 5.97 Å². The van der Waals surface area contributed by atoms with E-state index in [0.29, 0.717) is 6.42 Å². The van der Waals surface area contributed by atoms with Crippen LogP contribution in [0.4, 0.5) is 0 Å². The minimum absolute atomic E-state index is 0.149. The van der Waals surface area contributed by atoms with Gasteiger partial charge in [0, 0.05) is 32.0 Å². The van der Waals surface area contributed by atoms with Crippen LogP contribution in [0.1, 0.15) is 12.2 Å². The molecule has 1 aliphatic heterocycles. The summed E-state index contributed by atoms with van der Waals surface area (Å²) in [6.45, 7) is 3.50. The molecule has 1 aromatic heterocycles. The Labute approximate surface area is 88.7 Å². The smallest absolute Gasteiger partial charge is 0.306 e. The number of carbonyl (C=O) groups excluding carboxylic acids is 1. The van der Waals surface area contributed by atoms with Crippen molar-refractivity contribution in [2.75, 3.05) is 20.2 Å². The van der Waals surface area contributed by atoms with E-state index in [4.69, 9.17) is 0 Å². The molecule has 0 atom stereocenters. The van der Waals surface area contributed by atoms with Crippen molar-refractivity contribution in [2.45, 2.75) is 19.5 Å². The van der Waals surface area contributed by atoms with E-state index in [1.54, 1.807) is 0 Å². The van der Waals surface area contributed by atoms with Gasteiger partial charge in [0.15, 0.2) is 0 Å². The van der Waals surface area contributed by atoms with E-state index in [0.717, 1.165) is 32.0 Å². The molecule has 2 heterocycles. The van der Waals surface area contributed by atoms with Crippen molar-refractivity contribution in [1.82, 2.24) is 14.5 Å². The second-order valence-electron chi connectivity index (χ2n) is 3.64. The zero-order valence-corrected chi connectivity index (χ0v) is 8.85. The molecule has 0 aliphatic carbocycles. The number of hydrogen-bond acceptors (Lipinski definition) is 4. The molecule has 0 bridgehead atoms. The van der Waals surface area contributed by atoms with Crippen LogP contribution in [-0.2, 0) is 22.6 Å². The van der Waals surface area contributed by atoms with Crippen molar-refractivity contribution >= 4 is 5.97 Å². The molecule has 0 radical (unpaired) electrons. The predicted octanol–water partition coefficient (Wildman–Crippen LogP) is 0.262. The standard InChI is InChI=1S/C10H15N3O2/c1-15-10(14)2-4-12-6-7-13-5-3-11-9(13)8-12/h3,5H,2,4,6-8H2,1H3. The molecule has 0 saturated heterocycles. The zero-order chi connectivity index (χ0) is 10.7. The summed E-state index contributed by atoms with van der Waals surface area (Å²) in [6, 6.07) is 0.